The molecule has 0 saturated heterocycles. The number of amides is 1. The first kappa shape index (κ1) is 25.4. The molecule has 0 unspecified atom stereocenters. The number of halogens is 1. The molecule has 3 aromatic carbocycles. The Labute approximate surface area is 216 Å². The van der Waals surface area contributed by atoms with Gasteiger partial charge in [-0.05, 0) is 68.4 Å². The van der Waals surface area contributed by atoms with Gasteiger partial charge in [-0.1, -0.05) is 33.6 Å². The smallest absolute Gasteiger partial charge is 0.285 e. The highest BCUT2D eigenvalue weighted by Crippen LogP contribution is 2.37. The Balaban J connectivity index is 1.66. The van der Waals surface area contributed by atoms with E-state index in [-0.39, 0.29) is 16.5 Å². The van der Waals surface area contributed by atoms with E-state index in [1.165, 1.54) is 12.1 Å². The van der Waals surface area contributed by atoms with Gasteiger partial charge in [0.05, 0.1) is 22.7 Å². The van der Waals surface area contributed by atoms with E-state index in [1.807, 2.05) is 13.8 Å². The second kappa shape index (κ2) is 10.5. The number of anilines is 1. The lowest BCUT2D eigenvalue weighted by Crippen LogP contribution is -2.35. The normalized spacial score (nSPS) is 11.8. The molecule has 0 atom stereocenters. The van der Waals surface area contributed by atoms with Crippen molar-refractivity contribution in [1.82, 2.24) is 4.98 Å². The number of carbonyl (C=O) groups is 1. The Kier molecular flexibility index (Phi) is 7.41. The van der Waals surface area contributed by atoms with Crippen LogP contribution in [0.1, 0.15) is 12.5 Å². The van der Waals surface area contributed by atoms with Crippen molar-refractivity contribution in [2.75, 3.05) is 17.5 Å². The molecule has 2 N–H and O–H groups in total. The molecule has 1 aromatic heterocycles. The number of hydrogen-bond donors (Lipinski definition) is 2. The number of fused-ring (bicyclic) bond motifs is 1. The van der Waals surface area contributed by atoms with Crippen LogP contribution in [-0.2, 0) is 14.8 Å². The molecular weight excluding hydrogens is 548 g/mol. The number of aromatic nitrogens is 1. The van der Waals surface area contributed by atoms with Crippen molar-refractivity contribution in [3.63, 3.8) is 0 Å². The molecule has 0 aliphatic rings. The summed E-state index contributed by atoms with van der Waals surface area (Å²) in [4.78, 5) is 15.6. The molecule has 4 rings (SSSR count). The molecule has 0 radical (unpaired) electrons. The average Bonchev–Trinajstić information content (AvgIpc) is 3.16. The Morgan fingerprint density at radius 1 is 1.08 bits per heavy atom. The van der Waals surface area contributed by atoms with Crippen LogP contribution in [0.2, 0.25) is 0 Å². The number of carbonyl (C=O) groups excluding carboxylic acids is 1. The van der Waals surface area contributed by atoms with Crippen LogP contribution in [0.5, 0.6) is 11.6 Å². The van der Waals surface area contributed by atoms with Crippen molar-refractivity contribution >= 4 is 54.1 Å². The number of azo groups is 1. The van der Waals surface area contributed by atoms with Crippen LogP contribution in [0.4, 0.5) is 11.4 Å². The molecule has 0 fully saturated rings. The molecule has 0 spiro atoms. The number of sulfonamides is 1. The summed E-state index contributed by atoms with van der Waals surface area (Å²) in [6, 6.07) is 18.0. The fraction of sp³-hybridized carbons (Fsp3) is 0.160. The van der Waals surface area contributed by atoms with Crippen LogP contribution in [0.3, 0.4) is 0 Å². The van der Waals surface area contributed by atoms with Gasteiger partial charge in [0.15, 0.2) is 5.69 Å². The zero-order valence-electron chi connectivity index (χ0n) is 19.5. The van der Waals surface area contributed by atoms with Crippen molar-refractivity contribution in [3.05, 3.63) is 76.8 Å². The molecule has 4 aromatic rings. The standard InChI is InChI=1S/C25H23BrN4O5S/c1-3-35-19-9-11-20(12-10-19)36(33,34)30(18-7-4-16(2)5-8-18)15-23(31)28-29-24-21-14-17(26)6-13-22(21)27-25(24)32/h4-14,27,32H,3,15H2,1-2H3. The summed E-state index contributed by atoms with van der Waals surface area (Å²) in [5.74, 6) is -0.528. The van der Waals surface area contributed by atoms with E-state index >= 15 is 0 Å². The average molecular weight is 571 g/mol. The van der Waals surface area contributed by atoms with E-state index in [1.54, 1.807) is 54.6 Å². The van der Waals surface area contributed by atoms with Gasteiger partial charge in [-0.25, -0.2) is 8.42 Å². The van der Waals surface area contributed by atoms with Crippen molar-refractivity contribution in [3.8, 4) is 11.6 Å². The van der Waals surface area contributed by atoms with Crippen LogP contribution in [-0.4, -0.2) is 37.6 Å². The van der Waals surface area contributed by atoms with Crippen molar-refractivity contribution in [2.24, 2.45) is 10.2 Å². The zero-order valence-corrected chi connectivity index (χ0v) is 21.9. The third-order valence-electron chi connectivity index (χ3n) is 5.30. The number of nitrogens with zero attached hydrogens (tertiary/aromatic N) is 3. The molecule has 11 heteroatoms. The number of nitrogens with one attached hydrogen (secondary N) is 1. The first-order valence-corrected chi connectivity index (χ1v) is 13.2. The van der Waals surface area contributed by atoms with E-state index in [0.717, 1.165) is 14.3 Å². The van der Waals surface area contributed by atoms with Gasteiger partial charge in [0.1, 0.15) is 12.3 Å². The molecule has 36 heavy (non-hydrogen) atoms. The van der Waals surface area contributed by atoms with Crippen LogP contribution < -0.4 is 9.04 Å². The number of aromatic hydroxyl groups is 1. The second-order valence-corrected chi connectivity index (χ2v) is 10.6. The van der Waals surface area contributed by atoms with E-state index in [4.69, 9.17) is 4.74 Å². The molecule has 1 amide bonds. The van der Waals surface area contributed by atoms with Gasteiger partial charge >= 0.3 is 0 Å². The third kappa shape index (κ3) is 5.42. The highest BCUT2D eigenvalue weighted by atomic mass is 79.9. The number of benzene rings is 3. The molecule has 186 valence electrons. The summed E-state index contributed by atoms with van der Waals surface area (Å²) in [6.07, 6.45) is 0. The number of aryl methyl sites for hydroxylation is 1. The Bertz CT molecular complexity index is 1530. The zero-order chi connectivity index (χ0) is 25.9. The first-order chi connectivity index (χ1) is 17.2. The Morgan fingerprint density at radius 3 is 2.44 bits per heavy atom. The maximum atomic E-state index is 13.5. The highest BCUT2D eigenvalue weighted by molar-refractivity contribution is 9.10. The minimum atomic E-state index is -4.12. The topological polar surface area (TPSA) is 124 Å². The SMILES string of the molecule is CCOc1ccc(S(=O)(=O)N(CC(=O)N=Nc2c(O)[nH]c3ccc(Br)cc23)c2ccc(C)cc2)cc1. The third-order valence-corrected chi connectivity index (χ3v) is 7.58. The van der Waals surface area contributed by atoms with Gasteiger partial charge in [0, 0.05) is 9.86 Å². The van der Waals surface area contributed by atoms with E-state index in [2.05, 4.69) is 31.1 Å². The van der Waals surface area contributed by atoms with Gasteiger partial charge in [-0.3, -0.25) is 9.10 Å². The maximum absolute atomic E-state index is 13.5. The lowest BCUT2D eigenvalue weighted by Gasteiger charge is -2.23. The summed E-state index contributed by atoms with van der Waals surface area (Å²) < 4.78 is 34.2. The molecule has 0 aliphatic heterocycles. The van der Waals surface area contributed by atoms with E-state index in [9.17, 15) is 18.3 Å². The molecule has 0 saturated carbocycles. The van der Waals surface area contributed by atoms with Crippen LogP contribution in [0.15, 0.2) is 86.3 Å². The largest absolute Gasteiger partial charge is 0.494 e. The predicted molar refractivity (Wildman–Crippen MR) is 141 cm³/mol. The minimum Gasteiger partial charge on any atom is -0.494 e. The molecule has 0 aliphatic carbocycles. The number of hydrogen-bond acceptors (Lipinski definition) is 6. The van der Waals surface area contributed by atoms with Gasteiger partial charge in [0.2, 0.25) is 5.88 Å². The molecular formula is C25H23BrN4O5S. The number of H-pyrrole nitrogens is 1. The predicted octanol–water partition coefficient (Wildman–Crippen LogP) is 5.85. The summed E-state index contributed by atoms with van der Waals surface area (Å²) in [7, 11) is -4.12. The fourth-order valence-corrected chi connectivity index (χ4v) is 5.30. The molecule has 0 bridgehead atoms. The van der Waals surface area contributed by atoms with E-state index in [0.29, 0.717) is 28.9 Å². The lowest BCUT2D eigenvalue weighted by molar-refractivity contribution is -0.116. The van der Waals surface area contributed by atoms with Crippen molar-refractivity contribution < 1.29 is 23.1 Å². The van der Waals surface area contributed by atoms with Gasteiger partial charge in [-0.15, -0.1) is 10.2 Å². The van der Waals surface area contributed by atoms with Crippen LogP contribution >= 0.6 is 15.9 Å². The summed E-state index contributed by atoms with van der Waals surface area (Å²) in [5.41, 5.74) is 1.92. The number of aromatic amines is 1. The van der Waals surface area contributed by atoms with E-state index < -0.39 is 22.5 Å². The fourth-order valence-electron chi connectivity index (χ4n) is 3.52. The van der Waals surface area contributed by atoms with Gasteiger partial charge in [-0.2, -0.15) is 0 Å². The molecule has 9 nitrogen and oxygen atoms in total. The summed E-state index contributed by atoms with van der Waals surface area (Å²) in [6.45, 7) is 3.57. The van der Waals surface area contributed by atoms with Crippen LogP contribution in [0, 0.1) is 6.92 Å². The maximum Gasteiger partial charge on any atom is 0.285 e. The Hall–Kier alpha value is -3.70. The van der Waals surface area contributed by atoms with Crippen molar-refractivity contribution in [2.45, 2.75) is 18.7 Å². The van der Waals surface area contributed by atoms with Gasteiger partial charge in [0.25, 0.3) is 15.9 Å². The molecule has 1 heterocycles. The second-order valence-electron chi connectivity index (χ2n) is 7.86. The Morgan fingerprint density at radius 2 is 1.78 bits per heavy atom. The quantitative estimate of drug-likeness (QED) is 0.257. The highest BCUT2D eigenvalue weighted by Gasteiger charge is 2.27. The van der Waals surface area contributed by atoms with Crippen LogP contribution in [0.25, 0.3) is 10.9 Å². The summed E-state index contributed by atoms with van der Waals surface area (Å²) >= 11 is 3.36. The number of ether oxygens (including phenoxy) is 1. The van der Waals surface area contributed by atoms with Gasteiger partial charge < -0.3 is 14.8 Å². The summed E-state index contributed by atoms with van der Waals surface area (Å²) in [5, 5.41) is 18.4. The lowest BCUT2D eigenvalue weighted by atomic mass is 10.2. The number of rotatable bonds is 8. The first-order valence-electron chi connectivity index (χ1n) is 11.0. The monoisotopic (exact) mass is 570 g/mol. The minimum absolute atomic E-state index is 0.00427. The van der Waals surface area contributed by atoms with Crippen molar-refractivity contribution in [1.29, 1.82) is 0 Å².